The summed E-state index contributed by atoms with van der Waals surface area (Å²) in [5, 5.41) is 0. The fraction of sp³-hybridized carbons (Fsp3) is 0.500. The van der Waals surface area contributed by atoms with Gasteiger partial charge in [0.05, 0.1) is 33.9 Å². The molecule has 106 valence electrons. The van der Waals surface area contributed by atoms with Crippen molar-refractivity contribution in [2.24, 2.45) is 0 Å². The molecule has 0 aliphatic heterocycles. The van der Waals surface area contributed by atoms with Gasteiger partial charge in [-0.3, -0.25) is 4.79 Å². The molecular formula is C14H20O5. The minimum absolute atomic E-state index is 0.332. The second-order valence-corrected chi connectivity index (χ2v) is 4.53. The molecular weight excluding hydrogens is 248 g/mol. The van der Waals surface area contributed by atoms with Crippen molar-refractivity contribution in [1.82, 2.24) is 0 Å². The molecule has 0 fully saturated rings. The molecule has 1 aromatic rings. The lowest BCUT2D eigenvalue weighted by molar-refractivity contribution is -0.146. The number of benzene rings is 1. The molecule has 0 bridgehead atoms. The largest absolute Gasteiger partial charge is 0.493 e. The molecule has 0 radical (unpaired) electrons. The van der Waals surface area contributed by atoms with Crippen molar-refractivity contribution in [3.05, 3.63) is 17.7 Å². The van der Waals surface area contributed by atoms with Crippen LogP contribution in [0.2, 0.25) is 0 Å². The van der Waals surface area contributed by atoms with Gasteiger partial charge >= 0.3 is 5.97 Å². The Morgan fingerprint density at radius 2 is 1.42 bits per heavy atom. The Bertz CT molecular complexity index is 440. The minimum atomic E-state index is -0.804. The van der Waals surface area contributed by atoms with Gasteiger partial charge in [-0.05, 0) is 31.5 Å². The van der Waals surface area contributed by atoms with Crippen LogP contribution in [0.15, 0.2) is 12.1 Å². The Balaban J connectivity index is 3.42. The van der Waals surface area contributed by atoms with E-state index in [1.54, 1.807) is 26.0 Å². The van der Waals surface area contributed by atoms with E-state index in [0.29, 0.717) is 17.2 Å². The first-order chi connectivity index (χ1) is 8.92. The molecule has 0 saturated carbocycles. The summed E-state index contributed by atoms with van der Waals surface area (Å²) in [6.45, 7) is 3.55. The normalized spacial score (nSPS) is 10.8. The molecule has 5 heteroatoms. The van der Waals surface area contributed by atoms with E-state index < -0.39 is 5.41 Å². The Morgan fingerprint density at radius 1 is 0.947 bits per heavy atom. The second kappa shape index (κ2) is 5.82. The van der Waals surface area contributed by atoms with Crippen LogP contribution in [-0.4, -0.2) is 34.4 Å². The van der Waals surface area contributed by atoms with Crippen LogP contribution in [0.5, 0.6) is 17.2 Å². The van der Waals surface area contributed by atoms with E-state index in [9.17, 15) is 4.79 Å². The maximum absolute atomic E-state index is 11.9. The molecule has 0 heterocycles. The lowest BCUT2D eigenvalue weighted by atomic mass is 9.84. The van der Waals surface area contributed by atoms with E-state index >= 15 is 0 Å². The van der Waals surface area contributed by atoms with E-state index in [0.717, 1.165) is 5.56 Å². The zero-order valence-electron chi connectivity index (χ0n) is 12.2. The van der Waals surface area contributed by atoms with Crippen LogP contribution in [0.3, 0.4) is 0 Å². The number of hydrogen-bond donors (Lipinski definition) is 0. The van der Waals surface area contributed by atoms with Gasteiger partial charge in [-0.2, -0.15) is 0 Å². The second-order valence-electron chi connectivity index (χ2n) is 4.53. The first-order valence-corrected chi connectivity index (χ1v) is 5.81. The van der Waals surface area contributed by atoms with Crippen molar-refractivity contribution in [2.45, 2.75) is 19.3 Å². The molecule has 0 unspecified atom stereocenters. The fourth-order valence-electron chi connectivity index (χ4n) is 1.81. The van der Waals surface area contributed by atoms with Crippen LogP contribution in [0.25, 0.3) is 0 Å². The zero-order valence-corrected chi connectivity index (χ0v) is 12.2. The maximum Gasteiger partial charge on any atom is 0.315 e. The number of hydrogen-bond acceptors (Lipinski definition) is 5. The average molecular weight is 268 g/mol. The fourth-order valence-corrected chi connectivity index (χ4v) is 1.81. The third kappa shape index (κ3) is 2.75. The SMILES string of the molecule is COC(=O)C(C)(C)c1cc(OC)c(OC)c(OC)c1. The van der Waals surface area contributed by atoms with E-state index in [-0.39, 0.29) is 5.97 Å². The highest BCUT2D eigenvalue weighted by molar-refractivity contribution is 5.82. The molecule has 0 atom stereocenters. The minimum Gasteiger partial charge on any atom is -0.493 e. The van der Waals surface area contributed by atoms with Crippen LogP contribution in [0, 0.1) is 0 Å². The standard InChI is InChI=1S/C14H20O5/c1-14(2,13(15)19-6)9-7-10(16-3)12(18-5)11(8-9)17-4/h7-8H,1-6H3. The molecule has 19 heavy (non-hydrogen) atoms. The Labute approximate surface area is 113 Å². The molecule has 0 aliphatic rings. The first-order valence-electron chi connectivity index (χ1n) is 5.81. The Hall–Kier alpha value is -1.91. The number of methoxy groups -OCH3 is 4. The number of carbonyl (C=O) groups is 1. The molecule has 0 N–H and O–H groups in total. The lowest BCUT2D eigenvalue weighted by Gasteiger charge is -2.24. The van der Waals surface area contributed by atoms with Gasteiger partial charge in [0.25, 0.3) is 0 Å². The summed E-state index contributed by atoms with van der Waals surface area (Å²) < 4.78 is 20.6. The smallest absolute Gasteiger partial charge is 0.315 e. The molecule has 1 aromatic carbocycles. The summed E-state index contributed by atoms with van der Waals surface area (Å²) in [5.74, 6) is 1.18. The average Bonchev–Trinajstić information content (AvgIpc) is 2.44. The third-order valence-corrected chi connectivity index (χ3v) is 3.08. The van der Waals surface area contributed by atoms with Crippen molar-refractivity contribution in [2.75, 3.05) is 28.4 Å². The maximum atomic E-state index is 11.9. The van der Waals surface area contributed by atoms with Gasteiger partial charge in [0.1, 0.15) is 0 Å². The Morgan fingerprint density at radius 3 is 1.74 bits per heavy atom. The number of rotatable bonds is 5. The predicted octanol–water partition coefficient (Wildman–Crippen LogP) is 2.16. The number of ether oxygens (including phenoxy) is 4. The van der Waals surface area contributed by atoms with Gasteiger partial charge in [0.15, 0.2) is 11.5 Å². The van der Waals surface area contributed by atoms with Crippen molar-refractivity contribution >= 4 is 5.97 Å². The van der Waals surface area contributed by atoms with Crippen LogP contribution < -0.4 is 14.2 Å². The quantitative estimate of drug-likeness (QED) is 0.766. The molecule has 0 aromatic heterocycles. The van der Waals surface area contributed by atoms with Crippen LogP contribution >= 0.6 is 0 Å². The summed E-state index contributed by atoms with van der Waals surface area (Å²) in [5.41, 5.74) is -0.0736. The summed E-state index contributed by atoms with van der Waals surface area (Å²) in [7, 11) is 5.96. The molecule has 0 spiro atoms. The number of esters is 1. The van der Waals surface area contributed by atoms with Crippen molar-refractivity contribution in [3.63, 3.8) is 0 Å². The van der Waals surface area contributed by atoms with Gasteiger partial charge < -0.3 is 18.9 Å². The van der Waals surface area contributed by atoms with Crippen LogP contribution in [-0.2, 0) is 14.9 Å². The monoisotopic (exact) mass is 268 g/mol. The van der Waals surface area contributed by atoms with Crippen molar-refractivity contribution < 1.29 is 23.7 Å². The van der Waals surface area contributed by atoms with Gasteiger partial charge in [0.2, 0.25) is 5.75 Å². The zero-order chi connectivity index (χ0) is 14.6. The first kappa shape index (κ1) is 15.1. The van der Waals surface area contributed by atoms with Crippen LogP contribution in [0.4, 0.5) is 0 Å². The molecule has 0 saturated heterocycles. The Kier molecular flexibility index (Phi) is 4.64. The van der Waals surface area contributed by atoms with Crippen molar-refractivity contribution in [3.8, 4) is 17.2 Å². The highest BCUT2D eigenvalue weighted by Gasteiger charge is 2.33. The summed E-state index contributed by atoms with van der Waals surface area (Å²) in [4.78, 5) is 11.9. The van der Waals surface area contributed by atoms with Gasteiger partial charge in [-0.25, -0.2) is 0 Å². The summed E-state index contributed by atoms with van der Waals surface area (Å²) in [6, 6.07) is 3.50. The van der Waals surface area contributed by atoms with Crippen LogP contribution in [0.1, 0.15) is 19.4 Å². The van der Waals surface area contributed by atoms with Gasteiger partial charge in [-0.15, -0.1) is 0 Å². The molecule has 0 aliphatic carbocycles. The lowest BCUT2D eigenvalue weighted by Crippen LogP contribution is -2.30. The van der Waals surface area contributed by atoms with Gasteiger partial charge in [0, 0.05) is 0 Å². The highest BCUT2D eigenvalue weighted by Crippen LogP contribution is 2.41. The topological polar surface area (TPSA) is 54.0 Å². The molecule has 0 amide bonds. The van der Waals surface area contributed by atoms with E-state index in [4.69, 9.17) is 18.9 Å². The van der Waals surface area contributed by atoms with Gasteiger partial charge in [-0.1, -0.05) is 0 Å². The summed E-state index contributed by atoms with van der Waals surface area (Å²) in [6.07, 6.45) is 0. The van der Waals surface area contributed by atoms with E-state index in [2.05, 4.69) is 0 Å². The van der Waals surface area contributed by atoms with E-state index in [1.165, 1.54) is 28.4 Å². The van der Waals surface area contributed by atoms with E-state index in [1.807, 2.05) is 0 Å². The molecule has 5 nitrogen and oxygen atoms in total. The predicted molar refractivity (Wildman–Crippen MR) is 71.1 cm³/mol. The van der Waals surface area contributed by atoms with Crippen molar-refractivity contribution in [1.29, 1.82) is 0 Å². The highest BCUT2D eigenvalue weighted by atomic mass is 16.5. The molecule has 1 rings (SSSR count). The third-order valence-electron chi connectivity index (χ3n) is 3.08. The number of carbonyl (C=O) groups excluding carboxylic acids is 1. The summed E-state index contributed by atoms with van der Waals surface area (Å²) >= 11 is 0.